The van der Waals surface area contributed by atoms with Crippen molar-refractivity contribution in [2.45, 2.75) is 38.4 Å². The molecule has 178 valence electrons. The molecule has 1 fully saturated rings. The highest BCUT2D eigenvalue weighted by Crippen LogP contribution is 2.38. The summed E-state index contributed by atoms with van der Waals surface area (Å²) in [6.07, 6.45) is 5.50. The molecule has 10 nitrogen and oxygen atoms in total. The van der Waals surface area contributed by atoms with Crippen LogP contribution in [0.25, 0.3) is 33.2 Å². The Balaban J connectivity index is 1.58. The minimum absolute atomic E-state index is 0.0288. The highest BCUT2D eigenvalue weighted by atomic mass is 35.5. The van der Waals surface area contributed by atoms with Crippen LogP contribution in [0.5, 0.6) is 0 Å². The lowest BCUT2D eigenvalue weighted by Crippen LogP contribution is -2.28. The molecular weight excluding hydrogens is 480 g/mol. The summed E-state index contributed by atoms with van der Waals surface area (Å²) in [6, 6.07) is 4.50. The van der Waals surface area contributed by atoms with Crippen LogP contribution in [0.15, 0.2) is 41.7 Å². The van der Waals surface area contributed by atoms with E-state index in [-0.39, 0.29) is 17.4 Å². The van der Waals surface area contributed by atoms with E-state index in [1.54, 1.807) is 27.4 Å². The normalized spacial score (nSPS) is 14.9. The second-order valence-corrected chi connectivity index (χ2v) is 8.89. The average molecular weight is 498 g/mol. The lowest BCUT2D eigenvalue weighted by molar-refractivity contribution is 0.0566. The number of aromatic nitrogens is 8. The van der Waals surface area contributed by atoms with Gasteiger partial charge in [-0.3, -0.25) is 9.36 Å². The van der Waals surface area contributed by atoms with Gasteiger partial charge in [0.05, 0.1) is 22.5 Å². The number of nitrogen functional groups attached to an aromatic ring is 1. The van der Waals surface area contributed by atoms with Crippen LogP contribution < -0.4 is 11.3 Å². The van der Waals surface area contributed by atoms with Gasteiger partial charge in [0.15, 0.2) is 5.65 Å². The fourth-order valence-corrected chi connectivity index (χ4v) is 4.48. The van der Waals surface area contributed by atoms with Gasteiger partial charge < -0.3 is 5.73 Å². The van der Waals surface area contributed by atoms with Crippen molar-refractivity contribution < 1.29 is 8.78 Å². The van der Waals surface area contributed by atoms with Crippen LogP contribution in [0.4, 0.5) is 14.6 Å². The molecule has 2 N–H and O–H groups in total. The number of hydrogen-bond donors (Lipinski definition) is 1. The van der Waals surface area contributed by atoms with Gasteiger partial charge in [-0.1, -0.05) is 11.6 Å². The topological polar surface area (TPSA) is 122 Å². The molecule has 1 atom stereocenters. The Hall–Kier alpha value is -3.93. The van der Waals surface area contributed by atoms with E-state index in [0.717, 1.165) is 12.8 Å². The summed E-state index contributed by atoms with van der Waals surface area (Å²) < 4.78 is 30.1. The predicted molar refractivity (Wildman–Crippen MR) is 125 cm³/mol. The van der Waals surface area contributed by atoms with Crippen molar-refractivity contribution in [3.05, 3.63) is 58.1 Å². The van der Waals surface area contributed by atoms with E-state index in [9.17, 15) is 13.6 Å². The fraction of sp³-hybridized carbons (Fsp3) is 0.273. The van der Waals surface area contributed by atoms with Gasteiger partial charge in [-0.25, -0.2) is 24.3 Å². The number of alkyl halides is 2. The van der Waals surface area contributed by atoms with Crippen molar-refractivity contribution in [3.63, 3.8) is 0 Å². The molecular formula is C22H18ClF2N9O. The summed E-state index contributed by atoms with van der Waals surface area (Å²) in [6.45, 7) is -0.952. The fourth-order valence-electron chi connectivity index (χ4n) is 4.31. The van der Waals surface area contributed by atoms with Gasteiger partial charge in [0, 0.05) is 22.8 Å². The maximum absolute atomic E-state index is 13.4. The molecule has 35 heavy (non-hydrogen) atoms. The van der Waals surface area contributed by atoms with Crippen molar-refractivity contribution in [2.75, 3.05) is 5.73 Å². The molecule has 13 heteroatoms. The van der Waals surface area contributed by atoms with E-state index in [1.807, 2.05) is 6.92 Å². The Labute approximate surface area is 201 Å². The zero-order chi connectivity index (χ0) is 24.4. The van der Waals surface area contributed by atoms with Crippen molar-refractivity contribution in [3.8, 4) is 11.3 Å². The molecule has 4 aromatic heterocycles. The van der Waals surface area contributed by atoms with Crippen molar-refractivity contribution >= 4 is 39.4 Å². The quantitative estimate of drug-likeness (QED) is 0.389. The number of nitrogens with zero attached hydrogens (tertiary/aromatic N) is 8. The van der Waals surface area contributed by atoms with Crippen LogP contribution in [0.2, 0.25) is 5.02 Å². The summed E-state index contributed by atoms with van der Waals surface area (Å²) in [5, 5.41) is 9.68. The minimum atomic E-state index is -2.80. The molecule has 6 rings (SSSR count). The molecule has 0 amide bonds. The van der Waals surface area contributed by atoms with Crippen LogP contribution in [0, 0.1) is 0 Å². The van der Waals surface area contributed by atoms with E-state index < -0.39 is 12.6 Å². The van der Waals surface area contributed by atoms with Gasteiger partial charge in [0.25, 0.3) is 5.56 Å². The van der Waals surface area contributed by atoms with Crippen molar-refractivity contribution in [2.24, 2.45) is 0 Å². The Bertz CT molecular complexity index is 1670. The zero-order valence-electron chi connectivity index (χ0n) is 18.3. The van der Waals surface area contributed by atoms with Crippen LogP contribution >= 0.6 is 11.6 Å². The third-order valence-corrected chi connectivity index (χ3v) is 6.37. The SMILES string of the molecule is C[C@@H](c1nc2ccc(Cl)cc2c(=O)n1C1CC1)n1nc(-c2cnn(C(F)F)c2)c2c(N)ncnc21. The molecule has 0 saturated heterocycles. The van der Waals surface area contributed by atoms with Crippen LogP contribution in [-0.4, -0.2) is 39.1 Å². The number of benzene rings is 1. The van der Waals surface area contributed by atoms with E-state index in [2.05, 4.69) is 20.2 Å². The molecule has 1 aliphatic carbocycles. The highest BCUT2D eigenvalue weighted by Gasteiger charge is 2.32. The number of fused-ring (bicyclic) bond motifs is 2. The summed E-state index contributed by atoms with van der Waals surface area (Å²) in [7, 11) is 0. The van der Waals surface area contributed by atoms with E-state index in [4.69, 9.17) is 22.3 Å². The minimum Gasteiger partial charge on any atom is -0.383 e. The molecule has 0 radical (unpaired) electrons. The molecule has 1 aliphatic rings. The second kappa shape index (κ2) is 7.80. The lowest BCUT2D eigenvalue weighted by atomic mass is 10.2. The summed E-state index contributed by atoms with van der Waals surface area (Å²) in [4.78, 5) is 26.7. The standard InChI is InChI=1S/C22H18ClF2N9O/c1-10(19-30-15-5-2-12(23)6-14(15)21(35)33(19)13-3-4-13)34-20-16(18(26)27-9-28-20)17(31-34)11-7-29-32(8-11)22(24)25/h2,5-10,13,22H,3-4H2,1H3,(H2,26,27,28)/t10-/m0/s1. The van der Waals surface area contributed by atoms with Gasteiger partial charge >= 0.3 is 6.55 Å². The smallest absolute Gasteiger partial charge is 0.333 e. The Morgan fingerprint density at radius 1 is 1.23 bits per heavy atom. The molecule has 0 bridgehead atoms. The molecule has 1 saturated carbocycles. The molecule has 0 spiro atoms. The van der Waals surface area contributed by atoms with Gasteiger partial charge in [-0.15, -0.1) is 0 Å². The largest absolute Gasteiger partial charge is 0.383 e. The Morgan fingerprint density at radius 3 is 2.74 bits per heavy atom. The maximum Gasteiger partial charge on any atom is 0.333 e. The summed E-state index contributed by atoms with van der Waals surface area (Å²) in [5.74, 6) is 0.651. The molecule has 0 unspecified atom stereocenters. The number of nitrogens with two attached hydrogens (primary N) is 1. The van der Waals surface area contributed by atoms with Gasteiger partial charge in [0.1, 0.15) is 29.7 Å². The second-order valence-electron chi connectivity index (χ2n) is 8.45. The third kappa shape index (κ3) is 3.43. The zero-order valence-corrected chi connectivity index (χ0v) is 19.1. The number of hydrogen-bond acceptors (Lipinski definition) is 7. The molecule has 4 heterocycles. The van der Waals surface area contributed by atoms with Gasteiger partial charge in [-0.05, 0) is 38.0 Å². The predicted octanol–water partition coefficient (Wildman–Crippen LogP) is 3.97. The first-order chi connectivity index (χ1) is 16.8. The van der Waals surface area contributed by atoms with Gasteiger partial charge in [-0.2, -0.15) is 19.0 Å². The number of rotatable bonds is 5. The average Bonchev–Trinajstić information content (AvgIpc) is 3.39. The molecule has 0 aliphatic heterocycles. The number of halogens is 3. The van der Waals surface area contributed by atoms with Gasteiger partial charge in [0.2, 0.25) is 0 Å². The highest BCUT2D eigenvalue weighted by molar-refractivity contribution is 6.31. The van der Waals surface area contributed by atoms with Crippen molar-refractivity contribution in [1.82, 2.24) is 39.1 Å². The number of anilines is 1. The first kappa shape index (κ1) is 21.6. The third-order valence-electron chi connectivity index (χ3n) is 6.14. The molecule has 1 aromatic carbocycles. The first-order valence-electron chi connectivity index (χ1n) is 10.9. The lowest BCUT2D eigenvalue weighted by Gasteiger charge is -2.19. The summed E-state index contributed by atoms with van der Waals surface area (Å²) >= 11 is 6.13. The monoisotopic (exact) mass is 497 g/mol. The van der Waals surface area contributed by atoms with Crippen LogP contribution in [0.3, 0.4) is 0 Å². The first-order valence-corrected chi connectivity index (χ1v) is 11.2. The van der Waals surface area contributed by atoms with E-state index in [0.29, 0.717) is 48.7 Å². The Morgan fingerprint density at radius 2 is 2.03 bits per heavy atom. The maximum atomic E-state index is 13.4. The summed E-state index contributed by atoms with van der Waals surface area (Å²) in [5.41, 5.74) is 7.52. The van der Waals surface area contributed by atoms with E-state index >= 15 is 0 Å². The van der Waals surface area contributed by atoms with E-state index in [1.165, 1.54) is 18.7 Å². The Kier molecular flexibility index (Phi) is 4.81. The van der Waals surface area contributed by atoms with Crippen LogP contribution in [0.1, 0.15) is 44.2 Å². The molecule has 5 aromatic rings. The van der Waals surface area contributed by atoms with Crippen LogP contribution in [-0.2, 0) is 0 Å². The van der Waals surface area contributed by atoms with Crippen molar-refractivity contribution in [1.29, 1.82) is 0 Å².